The maximum Gasteiger partial charge on any atom is 0.261 e. The lowest BCUT2D eigenvalue weighted by Crippen LogP contribution is -2.35. The Morgan fingerprint density at radius 1 is 1.45 bits per heavy atom. The van der Waals surface area contributed by atoms with Gasteiger partial charge in [-0.25, -0.2) is 0 Å². The zero-order chi connectivity index (χ0) is 13.8. The molecule has 0 bridgehead atoms. The molecule has 1 aromatic heterocycles. The van der Waals surface area contributed by atoms with Gasteiger partial charge in [-0.05, 0) is 12.1 Å². The Bertz CT molecular complexity index is 562. The van der Waals surface area contributed by atoms with Gasteiger partial charge >= 0.3 is 0 Å². The number of carbonyl (C=O) groups excluding carboxylic acids is 1. The quantitative estimate of drug-likeness (QED) is 0.899. The lowest BCUT2D eigenvalue weighted by Gasteiger charge is -2.21. The maximum atomic E-state index is 12.2. The second-order valence-electron chi connectivity index (χ2n) is 4.25. The number of thioether (sulfide) groups is 1. The third kappa shape index (κ3) is 2.74. The Morgan fingerprint density at radius 3 is 3.05 bits per heavy atom. The molecule has 3 rings (SSSR count). The van der Waals surface area contributed by atoms with Gasteiger partial charge < -0.3 is 9.64 Å². The number of para-hydroxylation sites is 1. The number of hydrogen-bond acceptors (Lipinski definition) is 6. The topological polar surface area (TPSA) is 84.0 Å². The van der Waals surface area contributed by atoms with Gasteiger partial charge in [0.05, 0.1) is 5.88 Å². The summed E-state index contributed by atoms with van der Waals surface area (Å²) in [6.45, 7) is 0.0128. The number of hydrogen-bond donors (Lipinski definition) is 1. The van der Waals surface area contributed by atoms with Crippen LogP contribution < -0.4 is 4.74 Å². The molecule has 8 heteroatoms. The van der Waals surface area contributed by atoms with Crippen molar-refractivity contribution in [1.82, 2.24) is 25.5 Å². The molecule has 0 saturated carbocycles. The minimum atomic E-state index is -0.134. The lowest BCUT2D eigenvalue weighted by atomic mass is 10.3. The van der Waals surface area contributed by atoms with E-state index in [4.69, 9.17) is 4.74 Å². The van der Waals surface area contributed by atoms with Crippen molar-refractivity contribution in [2.45, 2.75) is 6.04 Å². The summed E-state index contributed by atoms with van der Waals surface area (Å²) in [5.41, 5.74) is 0. The summed E-state index contributed by atoms with van der Waals surface area (Å²) in [7, 11) is 0. The van der Waals surface area contributed by atoms with E-state index in [0.717, 1.165) is 5.75 Å². The molecule has 104 valence electrons. The van der Waals surface area contributed by atoms with E-state index in [-0.39, 0.29) is 18.6 Å². The molecule has 1 aliphatic rings. The van der Waals surface area contributed by atoms with E-state index in [9.17, 15) is 4.79 Å². The molecule has 1 aliphatic heterocycles. The van der Waals surface area contributed by atoms with Crippen LogP contribution in [0.3, 0.4) is 0 Å². The summed E-state index contributed by atoms with van der Waals surface area (Å²) < 4.78 is 5.48. The van der Waals surface area contributed by atoms with Crippen molar-refractivity contribution in [1.29, 1.82) is 0 Å². The van der Waals surface area contributed by atoms with Crippen molar-refractivity contribution >= 4 is 17.7 Å². The minimum Gasteiger partial charge on any atom is -0.484 e. The molecule has 0 aliphatic carbocycles. The monoisotopic (exact) mass is 291 g/mol. The number of aromatic nitrogens is 4. The van der Waals surface area contributed by atoms with Gasteiger partial charge in [-0.3, -0.25) is 4.79 Å². The van der Waals surface area contributed by atoms with Gasteiger partial charge in [0.15, 0.2) is 12.4 Å². The van der Waals surface area contributed by atoms with E-state index in [2.05, 4.69) is 20.6 Å². The SMILES string of the molecule is O=C(COc1ccccc1)N1CSCC1c1nn[nH]n1. The number of tetrazole rings is 1. The molecule has 1 amide bonds. The largest absolute Gasteiger partial charge is 0.484 e. The fourth-order valence-corrected chi connectivity index (χ4v) is 3.14. The Balaban J connectivity index is 1.62. The first-order chi connectivity index (χ1) is 9.84. The van der Waals surface area contributed by atoms with E-state index in [1.807, 2.05) is 30.3 Å². The van der Waals surface area contributed by atoms with Gasteiger partial charge in [-0.1, -0.05) is 23.4 Å². The number of ether oxygens (including phenoxy) is 1. The van der Waals surface area contributed by atoms with E-state index < -0.39 is 0 Å². The Morgan fingerprint density at radius 2 is 2.30 bits per heavy atom. The molecule has 1 aromatic carbocycles. The Hall–Kier alpha value is -2.09. The van der Waals surface area contributed by atoms with Gasteiger partial charge in [-0.15, -0.1) is 22.0 Å². The number of nitrogens with one attached hydrogen (secondary N) is 1. The molecule has 20 heavy (non-hydrogen) atoms. The summed E-state index contributed by atoms with van der Waals surface area (Å²) in [5, 5.41) is 13.9. The van der Waals surface area contributed by atoms with Crippen molar-refractivity contribution in [2.24, 2.45) is 0 Å². The molecule has 1 fully saturated rings. The van der Waals surface area contributed by atoms with Crippen LogP contribution in [0, 0.1) is 0 Å². The number of benzene rings is 1. The third-order valence-electron chi connectivity index (χ3n) is 2.97. The first-order valence-corrected chi connectivity index (χ1v) is 7.28. The molecule has 2 aromatic rings. The Kier molecular flexibility index (Phi) is 3.82. The van der Waals surface area contributed by atoms with Crippen LogP contribution in [0.2, 0.25) is 0 Å². The second kappa shape index (κ2) is 5.91. The summed E-state index contributed by atoms with van der Waals surface area (Å²) in [6, 6.07) is 9.15. The van der Waals surface area contributed by atoms with Crippen LogP contribution in [0.1, 0.15) is 11.9 Å². The van der Waals surface area contributed by atoms with Crippen molar-refractivity contribution in [3.05, 3.63) is 36.2 Å². The van der Waals surface area contributed by atoms with E-state index in [0.29, 0.717) is 17.5 Å². The number of H-pyrrole nitrogens is 1. The van der Waals surface area contributed by atoms with Crippen LogP contribution in [0.4, 0.5) is 0 Å². The smallest absolute Gasteiger partial charge is 0.261 e. The highest BCUT2D eigenvalue weighted by molar-refractivity contribution is 7.99. The van der Waals surface area contributed by atoms with E-state index in [1.54, 1.807) is 16.7 Å². The predicted octanol–water partition coefficient (Wildman–Crippen LogP) is 0.853. The standard InChI is InChI=1S/C12H13N5O2S/c18-11(6-19-9-4-2-1-3-5-9)17-8-20-7-10(17)12-13-15-16-14-12/h1-5,10H,6-8H2,(H,13,14,15,16). The number of carbonyl (C=O) groups is 1. The fraction of sp³-hybridized carbons (Fsp3) is 0.333. The maximum absolute atomic E-state index is 12.2. The van der Waals surface area contributed by atoms with Crippen LogP contribution in [0.5, 0.6) is 5.75 Å². The zero-order valence-electron chi connectivity index (χ0n) is 10.6. The number of aromatic amines is 1. The molecule has 1 unspecified atom stereocenters. The molecular weight excluding hydrogens is 278 g/mol. The second-order valence-corrected chi connectivity index (χ2v) is 5.25. The van der Waals surface area contributed by atoms with Crippen molar-refractivity contribution < 1.29 is 9.53 Å². The van der Waals surface area contributed by atoms with Crippen LogP contribution in [0.25, 0.3) is 0 Å². The van der Waals surface area contributed by atoms with Crippen LogP contribution in [-0.2, 0) is 4.79 Å². The summed E-state index contributed by atoms with van der Waals surface area (Å²) >= 11 is 1.67. The molecule has 1 saturated heterocycles. The first-order valence-electron chi connectivity index (χ1n) is 6.13. The number of rotatable bonds is 4. The van der Waals surface area contributed by atoms with E-state index >= 15 is 0 Å². The van der Waals surface area contributed by atoms with E-state index in [1.165, 1.54) is 0 Å². The van der Waals surface area contributed by atoms with Crippen molar-refractivity contribution in [3.8, 4) is 5.75 Å². The summed E-state index contributed by atoms with van der Waals surface area (Å²) in [4.78, 5) is 13.9. The van der Waals surface area contributed by atoms with Crippen LogP contribution in [-0.4, -0.2) is 49.7 Å². The van der Waals surface area contributed by atoms with Crippen LogP contribution >= 0.6 is 11.8 Å². The summed E-state index contributed by atoms with van der Waals surface area (Å²) in [5.74, 6) is 2.55. The van der Waals surface area contributed by atoms with Crippen molar-refractivity contribution in [2.75, 3.05) is 18.2 Å². The third-order valence-corrected chi connectivity index (χ3v) is 3.98. The van der Waals surface area contributed by atoms with Gasteiger partial charge in [0.2, 0.25) is 0 Å². The first kappa shape index (κ1) is 12.9. The average Bonchev–Trinajstić information content (AvgIpc) is 3.15. The Labute approximate surface area is 119 Å². The molecule has 1 N–H and O–H groups in total. The van der Waals surface area contributed by atoms with Gasteiger partial charge in [-0.2, -0.15) is 5.21 Å². The van der Waals surface area contributed by atoms with Crippen molar-refractivity contribution in [3.63, 3.8) is 0 Å². The molecule has 0 spiro atoms. The highest BCUT2D eigenvalue weighted by atomic mass is 32.2. The van der Waals surface area contributed by atoms with Gasteiger partial charge in [0, 0.05) is 5.75 Å². The van der Waals surface area contributed by atoms with Gasteiger partial charge in [0.1, 0.15) is 11.8 Å². The lowest BCUT2D eigenvalue weighted by molar-refractivity contribution is -0.134. The average molecular weight is 291 g/mol. The predicted molar refractivity (Wildman–Crippen MR) is 73.0 cm³/mol. The molecule has 1 atom stereocenters. The molecule has 2 heterocycles. The summed E-state index contributed by atoms with van der Waals surface area (Å²) in [6.07, 6.45) is 0. The number of nitrogens with zero attached hydrogens (tertiary/aromatic N) is 4. The van der Waals surface area contributed by atoms with Gasteiger partial charge in [0.25, 0.3) is 5.91 Å². The normalized spacial score (nSPS) is 18.2. The highest BCUT2D eigenvalue weighted by Crippen LogP contribution is 2.30. The molecule has 7 nitrogen and oxygen atoms in total. The van der Waals surface area contributed by atoms with Crippen LogP contribution in [0.15, 0.2) is 30.3 Å². The zero-order valence-corrected chi connectivity index (χ0v) is 11.4. The fourth-order valence-electron chi connectivity index (χ4n) is 1.96. The number of amides is 1. The highest BCUT2D eigenvalue weighted by Gasteiger charge is 2.33. The molecule has 0 radical (unpaired) electrons. The minimum absolute atomic E-state index is 0.0128. The molecular formula is C12H13N5O2S.